The van der Waals surface area contributed by atoms with Crippen molar-refractivity contribution in [3.8, 4) is 0 Å². The summed E-state index contributed by atoms with van der Waals surface area (Å²) in [6.07, 6.45) is 2.58. The van der Waals surface area contributed by atoms with E-state index >= 15 is 0 Å². The first-order valence-corrected chi connectivity index (χ1v) is 11.3. The Morgan fingerprint density at radius 1 is 0.862 bits per heavy atom. The van der Waals surface area contributed by atoms with E-state index in [9.17, 15) is 25.2 Å². The van der Waals surface area contributed by atoms with Crippen LogP contribution in [0.15, 0.2) is 72.8 Å². The van der Waals surface area contributed by atoms with E-state index in [2.05, 4.69) is 74.2 Å². The molecule has 162 valence electrons. The number of quaternary nitrogens is 1. The number of nitrogens with zero attached hydrogens (tertiary/aromatic N) is 1. The molecule has 29 heavy (non-hydrogen) atoms. The Labute approximate surface area is 167 Å². The fourth-order valence-corrected chi connectivity index (χ4v) is 4.07. The molecule has 3 rings (SSSR count). The number of rotatable bonds is 5. The van der Waals surface area contributed by atoms with Crippen LogP contribution in [0.3, 0.4) is 0 Å². The van der Waals surface area contributed by atoms with Gasteiger partial charge in [-0.1, -0.05) is 67.2 Å². The third-order valence-corrected chi connectivity index (χ3v) is 4.99. The van der Waals surface area contributed by atoms with E-state index in [1.165, 1.54) is 36.1 Å². The van der Waals surface area contributed by atoms with E-state index in [0.29, 0.717) is 6.04 Å². The molecule has 0 aromatic heterocycles. The second-order valence-electron chi connectivity index (χ2n) is 7.69. The van der Waals surface area contributed by atoms with E-state index in [-0.39, 0.29) is 0 Å². The summed E-state index contributed by atoms with van der Waals surface area (Å²) in [6, 6.07) is 22.5. The molecule has 0 spiro atoms. The molecule has 1 unspecified atom stereocenters. The summed E-state index contributed by atoms with van der Waals surface area (Å²) in [6.45, 7) is 9.97. The topological polar surface area (TPSA) is 0 Å². The molecule has 2 aromatic rings. The van der Waals surface area contributed by atoms with Crippen LogP contribution < -0.4 is 0 Å². The van der Waals surface area contributed by atoms with Gasteiger partial charge in [-0.25, -0.2) is 0 Å². The molecule has 1 heterocycles. The second-order valence-corrected chi connectivity index (χ2v) is 9.61. The van der Waals surface area contributed by atoms with Gasteiger partial charge in [0.15, 0.2) is 0 Å². The Kier molecular flexibility index (Phi) is 6.27. The summed E-state index contributed by atoms with van der Waals surface area (Å²) in [5.74, 6) is 0. The summed E-state index contributed by atoms with van der Waals surface area (Å²) in [4.78, 5) is 0. The molecular weight excluding hydrogens is 411 g/mol. The maximum absolute atomic E-state index is 10.7. The molecule has 1 fully saturated rings. The third-order valence-electron chi connectivity index (χ3n) is 4.99. The van der Waals surface area contributed by atoms with Gasteiger partial charge in [-0.2, -0.15) is 0 Å². The number of likely N-dealkylation sites (tertiary alicyclic amines) is 1. The fraction of sp³-hybridized carbons (Fsp3) is 0.333. The molecular formula is C21H26F6NP. The fourth-order valence-electron chi connectivity index (χ4n) is 4.07. The van der Waals surface area contributed by atoms with Crippen molar-refractivity contribution in [2.75, 3.05) is 6.54 Å². The Balaban J connectivity index is 0.000000370. The van der Waals surface area contributed by atoms with Crippen molar-refractivity contribution in [1.82, 2.24) is 0 Å². The van der Waals surface area contributed by atoms with Crippen LogP contribution >= 0.6 is 7.81 Å². The Morgan fingerprint density at radius 2 is 1.24 bits per heavy atom. The molecule has 0 N–H and O–H groups in total. The van der Waals surface area contributed by atoms with Gasteiger partial charge in [0.05, 0.1) is 6.54 Å². The maximum atomic E-state index is 9.87. The Morgan fingerprint density at radius 3 is 1.59 bits per heavy atom. The molecule has 8 heteroatoms. The van der Waals surface area contributed by atoms with Crippen molar-refractivity contribution in [1.29, 1.82) is 0 Å². The predicted molar refractivity (Wildman–Crippen MR) is 107 cm³/mol. The molecule has 0 amide bonds. The van der Waals surface area contributed by atoms with Crippen molar-refractivity contribution in [3.05, 3.63) is 83.9 Å². The van der Waals surface area contributed by atoms with Gasteiger partial charge in [-0.3, -0.25) is 0 Å². The summed E-state index contributed by atoms with van der Waals surface area (Å²) in [7, 11) is -10.7. The van der Waals surface area contributed by atoms with Crippen LogP contribution in [0.4, 0.5) is 25.2 Å². The average molecular weight is 437 g/mol. The zero-order valence-electron chi connectivity index (χ0n) is 16.3. The second kappa shape index (κ2) is 7.77. The number of hydrogen-bond donors (Lipinski definition) is 0. The van der Waals surface area contributed by atoms with Crippen LogP contribution in [-0.2, 0) is 13.1 Å². The molecule has 1 nitrogen and oxygen atoms in total. The number of hydrogen-bond acceptors (Lipinski definition) is 0. The first-order chi connectivity index (χ1) is 13.1. The standard InChI is InChI=1S/C21H26N.F6P/c1-18(2)21-14-9-15-22(21,16-19-10-5-3-6-11-19)17-20-12-7-4-8-13-20;1-7(2,3,4,5)6/h3-8,10-13,21H,1,9,14-17H2,2H3;/q+1;-1. The number of benzene rings is 2. The van der Waals surface area contributed by atoms with Crippen LogP contribution in [-0.4, -0.2) is 17.1 Å². The first kappa shape index (κ1) is 23.4. The first-order valence-electron chi connectivity index (χ1n) is 9.30. The summed E-state index contributed by atoms with van der Waals surface area (Å²) in [5.41, 5.74) is 4.21. The molecule has 0 bridgehead atoms. The van der Waals surface area contributed by atoms with Crippen LogP contribution in [0.25, 0.3) is 0 Å². The molecule has 0 radical (unpaired) electrons. The minimum absolute atomic E-state index is 0.584. The van der Waals surface area contributed by atoms with Crippen molar-refractivity contribution >= 4 is 7.81 Å². The van der Waals surface area contributed by atoms with Gasteiger partial charge in [0.1, 0.15) is 19.1 Å². The van der Waals surface area contributed by atoms with E-state index in [1.54, 1.807) is 0 Å². The zero-order chi connectivity index (χ0) is 21.8. The molecule has 1 saturated heterocycles. The van der Waals surface area contributed by atoms with Gasteiger partial charge in [-0.05, 0) is 12.5 Å². The van der Waals surface area contributed by atoms with Gasteiger partial charge >= 0.3 is 33.0 Å². The van der Waals surface area contributed by atoms with Crippen LogP contribution in [0.5, 0.6) is 0 Å². The molecule has 0 saturated carbocycles. The monoisotopic (exact) mass is 437 g/mol. The SMILES string of the molecule is C=C(C)C1CCC[N+]1(Cc1ccccc1)Cc1ccccc1.F[P-](F)(F)(F)(F)F. The predicted octanol–water partition coefficient (Wildman–Crippen LogP) is 8.32. The number of halogens is 6. The molecule has 1 aliphatic heterocycles. The van der Waals surface area contributed by atoms with Gasteiger partial charge < -0.3 is 4.48 Å². The van der Waals surface area contributed by atoms with Gasteiger partial charge in [-0.15, -0.1) is 0 Å². The minimum atomic E-state index is -10.7. The van der Waals surface area contributed by atoms with Crippen molar-refractivity contribution < 1.29 is 29.7 Å². The van der Waals surface area contributed by atoms with E-state index in [1.807, 2.05) is 0 Å². The molecule has 1 aliphatic rings. The van der Waals surface area contributed by atoms with Crippen molar-refractivity contribution in [2.24, 2.45) is 0 Å². The normalized spacial score (nSPS) is 20.7. The zero-order valence-corrected chi connectivity index (χ0v) is 17.2. The van der Waals surface area contributed by atoms with E-state index in [4.69, 9.17) is 0 Å². The van der Waals surface area contributed by atoms with Crippen LogP contribution in [0.2, 0.25) is 0 Å². The van der Waals surface area contributed by atoms with Crippen molar-refractivity contribution in [3.63, 3.8) is 0 Å². The van der Waals surface area contributed by atoms with Crippen molar-refractivity contribution in [2.45, 2.75) is 38.9 Å². The van der Waals surface area contributed by atoms with Crippen LogP contribution in [0.1, 0.15) is 30.9 Å². The van der Waals surface area contributed by atoms with Gasteiger partial charge in [0.2, 0.25) is 0 Å². The molecule has 1 atom stereocenters. The van der Waals surface area contributed by atoms with E-state index in [0.717, 1.165) is 17.6 Å². The molecule has 0 aliphatic carbocycles. The average Bonchev–Trinajstić information content (AvgIpc) is 2.97. The summed E-state index contributed by atoms with van der Waals surface area (Å²) >= 11 is 0. The summed E-state index contributed by atoms with van der Waals surface area (Å²) in [5, 5.41) is 0. The Hall–Kier alpha value is -1.85. The third kappa shape index (κ3) is 9.01. The Bertz CT molecular complexity index is 766. The van der Waals surface area contributed by atoms with Crippen LogP contribution in [0, 0.1) is 0 Å². The van der Waals surface area contributed by atoms with Gasteiger partial charge in [0.25, 0.3) is 0 Å². The van der Waals surface area contributed by atoms with E-state index < -0.39 is 7.81 Å². The van der Waals surface area contributed by atoms with Gasteiger partial charge in [0, 0.05) is 24.0 Å². The quantitative estimate of drug-likeness (QED) is 0.191. The summed E-state index contributed by atoms with van der Waals surface area (Å²) < 4.78 is 60.3. The molecule has 2 aromatic carbocycles.